The van der Waals surface area contributed by atoms with Gasteiger partial charge in [0.2, 0.25) is 0 Å². The van der Waals surface area contributed by atoms with Gasteiger partial charge in [-0.1, -0.05) is 53.0 Å². The summed E-state index contributed by atoms with van der Waals surface area (Å²) in [5.74, 6) is 0.134. The van der Waals surface area contributed by atoms with Crippen molar-refractivity contribution in [3.8, 4) is 11.5 Å². The van der Waals surface area contributed by atoms with Gasteiger partial charge in [0, 0.05) is 5.56 Å². The molecule has 0 aliphatic heterocycles. The van der Waals surface area contributed by atoms with Crippen molar-refractivity contribution >= 4 is 0 Å². The van der Waals surface area contributed by atoms with Crippen LogP contribution in [0.5, 0.6) is 11.5 Å². The first-order valence-electron chi connectivity index (χ1n) is 10.2. The number of aryl methyl sites for hydroxylation is 1. The molecule has 0 unspecified atom stereocenters. The van der Waals surface area contributed by atoms with E-state index in [9.17, 15) is 10.2 Å². The third-order valence-corrected chi connectivity index (χ3v) is 5.79. The Morgan fingerprint density at radius 1 is 0.920 bits per heavy atom. The molecule has 1 saturated carbocycles. The Balaban J connectivity index is 1.82. The van der Waals surface area contributed by atoms with Crippen molar-refractivity contribution < 1.29 is 10.2 Å². The van der Waals surface area contributed by atoms with Crippen LogP contribution in [0, 0.1) is 10.8 Å². The fourth-order valence-corrected chi connectivity index (χ4v) is 3.64. The first-order chi connectivity index (χ1) is 11.7. The zero-order valence-corrected chi connectivity index (χ0v) is 16.8. The second kappa shape index (κ2) is 8.47. The van der Waals surface area contributed by atoms with E-state index < -0.39 is 0 Å². The Kier molecular flexibility index (Phi) is 6.82. The molecule has 0 bridgehead atoms. The van der Waals surface area contributed by atoms with E-state index in [1.807, 2.05) is 6.07 Å². The molecule has 2 nitrogen and oxygen atoms in total. The Morgan fingerprint density at radius 3 is 2.24 bits per heavy atom. The summed E-state index contributed by atoms with van der Waals surface area (Å²) < 4.78 is 0. The molecule has 2 N–H and O–H groups in total. The second-order valence-corrected chi connectivity index (χ2v) is 9.71. The van der Waals surface area contributed by atoms with Crippen LogP contribution in [0.3, 0.4) is 0 Å². The minimum Gasteiger partial charge on any atom is -0.504 e. The van der Waals surface area contributed by atoms with E-state index in [0.717, 1.165) is 31.2 Å². The van der Waals surface area contributed by atoms with Crippen molar-refractivity contribution in [2.75, 3.05) is 0 Å². The molecule has 2 heteroatoms. The molecule has 0 atom stereocenters. The molecular weight excluding hydrogens is 308 g/mol. The molecule has 0 amide bonds. The zero-order chi connectivity index (χ0) is 18.5. The number of phenols is 2. The van der Waals surface area contributed by atoms with Gasteiger partial charge < -0.3 is 10.2 Å². The summed E-state index contributed by atoms with van der Waals surface area (Å²) in [6, 6.07) is 3.66. The summed E-state index contributed by atoms with van der Waals surface area (Å²) >= 11 is 0. The topological polar surface area (TPSA) is 40.5 Å². The van der Waals surface area contributed by atoms with Crippen LogP contribution < -0.4 is 0 Å². The normalized spacial score (nSPS) is 16.2. The highest BCUT2D eigenvalue weighted by atomic mass is 16.3. The fourth-order valence-electron chi connectivity index (χ4n) is 3.64. The molecule has 1 aromatic carbocycles. The summed E-state index contributed by atoms with van der Waals surface area (Å²) in [5, 5.41) is 20.2. The van der Waals surface area contributed by atoms with E-state index in [2.05, 4.69) is 27.7 Å². The number of unbranched alkanes of at least 4 members (excludes halogenated alkanes) is 3. The molecule has 0 radical (unpaired) electrons. The number of hydrogen-bond acceptors (Lipinski definition) is 2. The van der Waals surface area contributed by atoms with Crippen LogP contribution in [-0.4, -0.2) is 10.2 Å². The van der Waals surface area contributed by atoms with Gasteiger partial charge in [-0.2, -0.15) is 0 Å². The van der Waals surface area contributed by atoms with Crippen LogP contribution in [0.1, 0.15) is 96.6 Å². The van der Waals surface area contributed by atoms with Gasteiger partial charge in [-0.25, -0.2) is 0 Å². The molecule has 0 saturated heterocycles. The molecule has 1 aliphatic carbocycles. The standard InChI is InChI=1S/C23H38O2/c1-22(2,3)14-9-7-11-19-18(12-13-20(24)21(19)25)10-6-5-8-15-23(4)16-17-23/h12-13,24-25H,5-11,14-17H2,1-4H3. The van der Waals surface area contributed by atoms with Crippen molar-refractivity contribution in [2.24, 2.45) is 10.8 Å². The first-order valence-corrected chi connectivity index (χ1v) is 10.2. The minimum atomic E-state index is 0.0243. The Hall–Kier alpha value is -1.18. The Morgan fingerprint density at radius 2 is 1.60 bits per heavy atom. The average molecular weight is 347 g/mol. The molecule has 2 rings (SSSR count). The number of phenolic OH excluding ortho intramolecular Hbond substituents is 2. The number of hydrogen-bond donors (Lipinski definition) is 2. The minimum absolute atomic E-state index is 0.0243. The highest BCUT2D eigenvalue weighted by molar-refractivity contribution is 5.49. The third kappa shape index (κ3) is 6.92. The molecule has 142 valence electrons. The van der Waals surface area contributed by atoms with Crippen LogP contribution in [0.25, 0.3) is 0 Å². The predicted octanol–water partition coefficient (Wildman–Crippen LogP) is 6.76. The molecule has 25 heavy (non-hydrogen) atoms. The molecular formula is C23H38O2. The second-order valence-electron chi connectivity index (χ2n) is 9.71. The van der Waals surface area contributed by atoms with Gasteiger partial charge in [-0.3, -0.25) is 0 Å². The average Bonchev–Trinajstić information content (AvgIpc) is 3.25. The van der Waals surface area contributed by atoms with E-state index in [1.54, 1.807) is 6.07 Å². The summed E-state index contributed by atoms with van der Waals surface area (Å²) in [7, 11) is 0. The Labute approximate surface area is 154 Å². The maximum Gasteiger partial charge on any atom is 0.160 e. The van der Waals surface area contributed by atoms with Crippen molar-refractivity contribution in [3.05, 3.63) is 23.3 Å². The summed E-state index contributed by atoms with van der Waals surface area (Å²) in [5.41, 5.74) is 3.23. The van der Waals surface area contributed by atoms with E-state index in [1.165, 1.54) is 50.5 Å². The zero-order valence-electron chi connectivity index (χ0n) is 16.8. The highest BCUT2D eigenvalue weighted by Gasteiger charge is 2.35. The lowest BCUT2D eigenvalue weighted by molar-refractivity contribution is 0.358. The van der Waals surface area contributed by atoms with E-state index in [-0.39, 0.29) is 11.5 Å². The highest BCUT2D eigenvalue weighted by Crippen LogP contribution is 2.49. The largest absolute Gasteiger partial charge is 0.504 e. The van der Waals surface area contributed by atoms with E-state index in [0.29, 0.717) is 10.8 Å². The van der Waals surface area contributed by atoms with Crippen LogP contribution in [-0.2, 0) is 12.8 Å². The Bertz CT molecular complexity index is 550. The third-order valence-electron chi connectivity index (χ3n) is 5.79. The van der Waals surface area contributed by atoms with Crippen LogP contribution in [0.2, 0.25) is 0 Å². The van der Waals surface area contributed by atoms with Gasteiger partial charge in [-0.15, -0.1) is 0 Å². The van der Waals surface area contributed by atoms with Gasteiger partial charge >= 0.3 is 0 Å². The molecule has 0 heterocycles. The maximum atomic E-state index is 10.3. The van der Waals surface area contributed by atoms with Gasteiger partial charge in [0.15, 0.2) is 11.5 Å². The smallest absolute Gasteiger partial charge is 0.160 e. The SMILES string of the molecule is CC(C)(C)CCCCc1c(CCCCCC2(C)CC2)ccc(O)c1O. The van der Waals surface area contributed by atoms with Gasteiger partial charge in [0.25, 0.3) is 0 Å². The quantitative estimate of drug-likeness (QED) is 0.363. The molecule has 1 aliphatic rings. The maximum absolute atomic E-state index is 10.3. The predicted molar refractivity (Wildman–Crippen MR) is 106 cm³/mol. The number of rotatable bonds is 10. The van der Waals surface area contributed by atoms with E-state index in [4.69, 9.17) is 0 Å². The first kappa shape index (κ1) is 20.1. The summed E-state index contributed by atoms with van der Waals surface area (Å²) in [4.78, 5) is 0. The van der Waals surface area contributed by atoms with Crippen molar-refractivity contribution in [2.45, 2.75) is 98.3 Å². The lowest BCUT2D eigenvalue weighted by Crippen LogP contribution is -2.05. The fraction of sp³-hybridized carbons (Fsp3) is 0.739. The van der Waals surface area contributed by atoms with Gasteiger partial charge in [0.05, 0.1) is 0 Å². The number of benzene rings is 1. The van der Waals surface area contributed by atoms with Crippen molar-refractivity contribution in [1.82, 2.24) is 0 Å². The van der Waals surface area contributed by atoms with Crippen molar-refractivity contribution in [1.29, 1.82) is 0 Å². The number of aromatic hydroxyl groups is 2. The lowest BCUT2D eigenvalue weighted by atomic mass is 9.88. The van der Waals surface area contributed by atoms with Crippen molar-refractivity contribution in [3.63, 3.8) is 0 Å². The molecule has 1 fully saturated rings. The van der Waals surface area contributed by atoms with Gasteiger partial charge in [-0.05, 0) is 73.8 Å². The van der Waals surface area contributed by atoms with E-state index >= 15 is 0 Å². The molecule has 0 spiro atoms. The summed E-state index contributed by atoms with van der Waals surface area (Å²) in [6.45, 7) is 9.21. The molecule has 1 aromatic rings. The van der Waals surface area contributed by atoms with Gasteiger partial charge in [0.1, 0.15) is 0 Å². The van der Waals surface area contributed by atoms with Crippen LogP contribution in [0.15, 0.2) is 12.1 Å². The lowest BCUT2D eigenvalue weighted by Gasteiger charge is -2.18. The van der Waals surface area contributed by atoms with Crippen LogP contribution in [0.4, 0.5) is 0 Å². The van der Waals surface area contributed by atoms with Crippen LogP contribution >= 0.6 is 0 Å². The molecule has 0 aromatic heterocycles. The monoisotopic (exact) mass is 346 g/mol. The summed E-state index contributed by atoms with van der Waals surface area (Å²) in [6.07, 6.45) is 13.3.